The predicted octanol–water partition coefficient (Wildman–Crippen LogP) is 6.65. The highest BCUT2D eigenvalue weighted by atomic mass is 16.7. The number of pyridine rings is 1. The Morgan fingerprint density at radius 1 is 0.917 bits per heavy atom. The van der Waals surface area contributed by atoms with Crippen molar-refractivity contribution in [2.45, 2.75) is 39.2 Å². The van der Waals surface area contributed by atoms with Crippen LogP contribution in [-0.2, 0) is 12.0 Å². The number of anilines is 1. The van der Waals surface area contributed by atoms with Gasteiger partial charge in [0.15, 0.2) is 11.5 Å². The molecule has 0 unspecified atom stereocenters. The zero-order chi connectivity index (χ0) is 25.0. The van der Waals surface area contributed by atoms with Gasteiger partial charge in [-0.15, -0.1) is 0 Å². The maximum Gasteiger partial charge on any atom is 0.231 e. The van der Waals surface area contributed by atoms with E-state index in [0.29, 0.717) is 6.79 Å². The van der Waals surface area contributed by atoms with Gasteiger partial charge >= 0.3 is 0 Å². The molecule has 0 saturated heterocycles. The molecule has 1 aromatic heterocycles. The third-order valence-corrected chi connectivity index (χ3v) is 6.31. The molecule has 0 radical (unpaired) electrons. The van der Waals surface area contributed by atoms with Crippen LogP contribution in [-0.4, -0.2) is 24.9 Å². The molecule has 0 aliphatic carbocycles. The zero-order valence-corrected chi connectivity index (χ0v) is 21.1. The molecule has 0 spiro atoms. The minimum absolute atomic E-state index is 0.122. The second-order valence-corrected chi connectivity index (χ2v) is 10.0. The van der Waals surface area contributed by atoms with Gasteiger partial charge in [-0.2, -0.15) is 0 Å². The minimum atomic E-state index is 0.122. The number of aromatic nitrogens is 1. The number of ether oxygens (including phenoxy) is 3. The molecule has 0 bridgehead atoms. The summed E-state index contributed by atoms with van der Waals surface area (Å²) in [6.07, 6.45) is 2.82. The predicted molar refractivity (Wildman–Crippen MR) is 144 cm³/mol. The fourth-order valence-corrected chi connectivity index (χ4v) is 4.29. The van der Waals surface area contributed by atoms with Crippen molar-refractivity contribution in [2.75, 3.05) is 25.2 Å². The lowest BCUT2D eigenvalue weighted by molar-refractivity contribution is 0.173. The summed E-state index contributed by atoms with van der Waals surface area (Å²) in [5, 5.41) is 8.13. The van der Waals surface area contributed by atoms with Gasteiger partial charge in [-0.05, 0) is 60.3 Å². The molecule has 36 heavy (non-hydrogen) atoms. The van der Waals surface area contributed by atoms with Crippen LogP contribution in [0.1, 0.15) is 38.3 Å². The van der Waals surface area contributed by atoms with E-state index >= 15 is 0 Å². The molecule has 6 nitrogen and oxygen atoms in total. The van der Waals surface area contributed by atoms with Crippen molar-refractivity contribution in [3.8, 4) is 23.0 Å². The van der Waals surface area contributed by atoms with Gasteiger partial charge in [-0.25, -0.2) is 0 Å². The number of nitrogens with one attached hydrogen (secondary N) is 2. The Morgan fingerprint density at radius 2 is 1.75 bits per heavy atom. The summed E-state index contributed by atoms with van der Waals surface area (Å²) in [5.74, 6) is 3.29. The van der Waals surface area contributed by atoms with E-state index in [4.69, 9.17) is 14.2 Å². The van der Waals surface area contributed by atoms with E-state index in [9.17, 15) is 0 Å². The van der Waals surface area contributed by atoms with Crippen molar-refractivity contribution in [2.24, 2.45) is 0 Å². The fraction of sp³-hybridized carbons (Fsp3) is 0.300. The topological polar surface area (TPSA) is 64.6 Å². The van der Waals surface area contributed by atoms with Crippen molar-refractivity contribution in [3.63, 3.8) is 0 Å². The molecule has 6 heteroatoms. The van der Waals surface area contributed by atoms with Crippen LogP contribution in [0.15, 0.2) is 72.9 Å². The summed E-state index contributed by atoms with van der Waals surface area (Å²) < 4.78 is 17.1. The largest absolute Gasteiger partial charge is 0.457 e. The Labute approximate surface area is 212 Å². The molecule has 4 aromatic rings. The standard InChI is InChI=1S/C30H33N3O3/c1-30(2,3)22-8-10-23(11-9-22)36-24-12-13-25-26(14-17-33-27(25)18-24)32-16-5-15-31-19-21-6-4-7-28-29(21)35-20-34-28/h4,6-14,17-18,31H,5,15-16,19-20H2,1-3H3,(H,32,33). The molecular weight excluding hydrogens is 450 g/mol. The number of para-hydroxylation sites is 1. The second kappa shape index (κ2) is 10.5. The smallest absolute Gasteiger partial charge is 0.231 e. The molecule has 2 N–H and O–H groups in total. The lowest BCUT2D eigenvalue weighted by Gasteiger charge is -2.19. The highest BCUT2D eigenvalue weighted by Crippen LogP contribution is 2.35. The third-order valence-electron chi connectivity index (χ3n) is 6.31. The van der Waals surface area contributed by atoms with Crippen LogP contribution in [0.4, 0.5) is 5.69 Å². The van der Waals surface area contributed by atoms with E-state index in [1.54, 1.807) is 0 Å². The van der Waals surface area contributed by atoms with Crippen LogP contribution < -0.4 is 24.8 Å². The maximum absolute atomic E-state index is 6.10. The first-order valence-corrected chi connectivity index (χ1v) is 12.5. The highest BCUT2D eigenvalue weighted by Gasteiger charge is 2.16. The summed E-state index contributed by atoms with van der Waals surface area (Å²) in [4.78, 5) is 4.56. The summed E-state index contributed by atoms with van der Waals surface area (Å²) >= 11 is 0. The van der Waals surface area contributed by atoms with Crippen molar-refractivity contribution in [1.82, 2.24) is 10.3 Å². The van der Waals surface area contributed by atoms with Gasteiger partial charge in [-0.3, -0.25) is 4.98 Å². The molecule has 186 valence electrons. The third kappa shape index (κ3) is 5.55. The number of fused-ring (bicyclic) bond motifs is 2. The van der Waals surface area contributed by atoms with Crippen LogP contribution in [0.25, 0.3) is 10.9 Å². The average Bonchev–Trinajstić information content (AvgIpc) is 3.36. The molecule has 0 amide bonds. The summed E-state index contributed by atoms with van der Waals surface area (Å²) in [6, 6.07) is 22.4. The summed E-state index contributed by atoms with van der Waals surface area (Å²) in [5.41, 5.74) is 4.51. The van der Waals surface area contributed by atoms with Gasteiger partial charge in [0.1, 0.15) is 11.5 Å². The Hall–Kier alpha value is -3.77. The van der Waals surface area contributed by atoms with Gasteiger partial charge in [0.2, 0.25) is 6.79 Å². The highest BCUT2D eigenvalue weighted by molar-refractivity contribution is 5.91. The quantitative estimate of drug-likeness (QED) is 0.260. The normalized spacial score (nSPS) is 12.6. The number of benzene rings is 3. The minimum Gasteiger partial charge on any atom is -0.457 e. The number of nitrogens with zero attached hydrogens (tertiary/aromatic N) is 1. The van der Waals surface area contributed by atoms with Crippen molar-refractivity contribution in [1.29, 1.82) is 0 Å². The van der Waals surface area contributed by atoms with Crippen LogP contribution in [0.5, 0.6) is 23.0 Å². The number of hydrogen-bond donors (Lipinski definition) is 2. The SMILES string of the molecule is CC(C)(C)c1ccc(Oc2ccc3c(NCCCNCc4cccc5c4OCO5)ccnc3c2)cc1. The fourth-order valence-electron chi connectivity index (χ4n) is 4.29. The van der Waals surface area contributed by atoms with Gasteiger partial charge in [-0.1, -0.05) is 45.0 Å². The molecular formula is C30H33N3O3. The first kappa shape index (κ1) is 23.9. The Balaban J connectivity index is 1.14. The van der Waals surface area contributed by atoms with E-state index in [1.807, 2.05) is 48.7 Å². The Kier molecular flexibility index (Phi) is 6.96. The molecule has 1 aliphatic rings. The zero-order valence-electron chi connectivity index (χ0n) is 21.1. The van der Waals surface area contributed by atoms with Crippen LogP contribution in [0.3, 0.4) is 0 Å². The molecule has 0 fully saturated rings. The van der Waals surface area contributed by atoms with Gasteiger partial charge in [0, 0.05) is 42.0 Å². The van der Waals surface area contributed by atoms with Gasteiger partial charge in [0.25, 0.3) is 0 Å². The second-order valence-electron chi connectivity index (χ2n) is 10.0. The lowest BCUT2D eigenvalue weighted by Crippen LogP contribution is -2.18. The van der Waals surface area contributed by atoms with E-state index in [1.165, 1.54) is 5.56 Å². The number of rotatable bonds is 9. The van der Waals surface area contributed by atoms with E-state index in [2.05, 4.69) is 60.7 Å². The number of hydrogen-bond acceptors (Lipinski definition) is 6. The van der Waals surface area contributed by atoms with E-state index in [-0.39, 0.29) is 5.41 Å². The molecule has 1 aliphatic heterocycles. The lowest BCUT2D eigenvalue weighted by atomic mass is 9.87. The molecule has 0 saturated carbocycles. The van der Waals surface area contributed by atoms with E-state index in [0.717, 1.165) is 71.2 Å². The Morgan fingerprint density at radius 3 is 2.58 bits per heavy atom. The summed E-state index contributed by atoms with van der Waals surface area (Å²) in [7, 11) is 0. The van der Waals surface area contributed by atoms with Gasteiger partial charge < -0.3 is 24.8 Å². The van der Waals surface area contributed by atoms with Gasteiger partial charge in [0.05, 0.1) is 5.52 Å². The first-order chi connectivity index (χ1) is 17.5. The molecule has 5 rings (SSSR count). The van der Waals surface area contributed by atoms with E-state index < -0.39 is 0 Å². The van der Waals surface area contributed by atoms with Crippen LogP contribution in [0.2, 0.25) is 0 Å². The van der Waals surface area contributed by atoms with Crippen molar-refractivity contribution >= 4 is 16.6 Å². The van der Waals surface area contributed by atoms with Crippen molar-refractivity contribution < 1.29 is 14.2 Å². The monoisotopic (exact) mass is 483 g/mol. The molecule has 2 heterocycles. The maximum atomic E-state index is 6.10. The first-order valence-electron chi connectivity index (χ1n) is 12.5. The Bertz CT molecular complexity index is 1330. The van der Waals surface area contributed by atoms with Crippen molar-refractivity contribution in [3.05, 3.63) is 84.1 Å². The summed E-state index contributed by atoms with van der Waals surface area (Å²) in [6.45, 7) is 9.44. The van der Waals surface area contributed by atoms with Crippen LogP contribution >= 0.6 is 0 Å². The van der Waals surface area contributed by atoms with Crippen LogP contribution in [0, 0.1) is 0 Å². The molecule has 3 aromatic carbocycles. The molecule has 0 atom stereocenters. The average molecular weight is 484 g/mol.